The number of likely N-dealkylation sites (N-methyl/N-ethyl adjacent to an activating group) is 1. The van der Waals surface area contributed by atoms with Crippen LogP contribution in [-0.4, -0.2) is 65.5 Å². The maximum absolute atomic E-state index is 12.8. The molecule has 2 amide bonds. The van der Waals surface area contributed by atoms with Crippen molar-refractivity contribution in [1.82, 2.24) is 9.80 Å². The van der Waals surface area contributed by atoms with E-state index in [1.165, 1.54) is 16.7 Å². The predicted molar refractivity (Wildman–Crippen MR) is 111 cm³/mol. The second-order valence-corrected chi connectivity index (χ2v) is 10.4. The van der Waals surface area contributed by atoms with Gasteiger partial charge in [-0.1, -0.05) is 36.1 Å². The van der Waals surface area contributed by atoms with Crippen molar-refractivity contribution in [3.8, 4) is 0 Å². The van der Waals surface area contributed by atoms with Crippen LogP contribution < -0.4 is 0 Å². The Hall–Kier alpha value is -1.71. The molecule has 2 fully saturated rings. The Kier molecular flexibility index (Phi) is 5.73. The molecule has 0 aliphatic carbocycles. The zero-order chi connectivity index (χ0) is 19.8. The Morgan fingerprint density at radius 2 is 2.04 bits per heavy atom. The highest BCUT2D eigenvalue weighted by atomic mass is 32.2. The van der Waals surface area contributed by atoms with Gasteiger partial charge >= 0.3 is 0 Å². The van der Waals surface area contributed by atoms with Crippen molar-refractivity contribution < 1.29 is 18.0 Å². The summed E-state index contributed by atoms with van der Waals surface area (Å²) in [6.07, 6.45) is 2.23. The molecule has 0 bridgehead atoms. The molecule has 0 saturated carbocycles. The molecule has 2 aliphatic rings. The summed E-state index contributed by atoms with van der Waals surface area (Å²) in [7, 11) is -1.41. The predicted octanol–water partition coefficient (Wildman–Crippen LogP) is 2.17. The summed E-state index contributed by atoms with van der Waals surface area (Å²) in [6, 6.07) is 6.68. The molecule has 6 nitrogen and oxygen atoms in total. The van der Waals surface area contributed by atoms with Crippen LogP contribution in [0.15, 0.2) is 29.2 Å². The zero-order valence-electron chi connectivity index (χ0n) is 15.0. The first-order valence-electron chi connectivity index (χ1n) is 8.55. The van der Waals surface area contributed by atoms with Gasteiger partial charge in [-0.2, -0.15) is 0 Å². The molecule has 0 radical (unpaired) electrons. The first-order valence-corrected chi connectivity index (χ1v) is 11.6. The Bertz CT molecular complexity index is 922. The van der Waals surface area contributed by atoms with Gasteiger partial charge < -0.3 is 4.90 Å². The molecule has 0 unspecified atom stereocenters. The minimum atomic E-state index is -3.05. The van der Waals surface area contributed by atoms with Gasteiger partial charge in [0.2, 0.25) is 0 Å². The number of nitrogens with zero attached hydrogens (tertiary/aromatic N) is 2. The normalized spacial score (nSPS) is 23.3. The number of amides is 2. The van der Waals surface area contributed by atoms with Gasteiger partial charge in [-0.3, -0.25) is 14.5 Å². The zero-order valence-corrected chi connectivity index (χ0v) is 17.5. The van der Waals surface area contributed by atoms with Crippen LogP contribution in [0.3, 0.4) is 0 Å². The van der Waals surface area contributed by atoms with E-state index in [0.717, 1.165) is 5.56 Å². The van der Waals surface area contributed by atoms with Gasteiger partial charge in [-0.15, -0.1) is 0 Å². The largest absolute Gasteiger partial charge is 0.335 e. The van der Waals surface area contributed by atoms with Crippen molar-refractivity contribution in [1.29, 1.82) is 0 Å². The first-order chi connectivity index (χ1) is 12.7. The highest BCUT2D eigenvalue weighted by Gasteiger charge is 2.34. The molecular formula is C18H20N2O4S3. The van der Waals surface area contributed by atoms with Gasteiger partial charge in [0, 0.05) is 25.2 Å². The number of hydrogen-bond acceptors (Lipinski definition) is 6. The molecule has 2 heterocycles. The van der Waals surface area contributed by atoms with E-state index in [4.69, 9.17) is 12.2 Å². The molecule has 0 N–H and O–H groups in total. The lowest BCUT2D eigenvalue weighted by atomic mass is 10.1. The lowest BCUT2D eigenvalue weighted by Crippen LogP contribution is -2.40. The third-order valence-electron chi connectivity index (χ3n) is 4.69. The molecule has 2 saturated heterocycles. The fraction of sp³-hybridized carbons (Fsp3) is 0.389. The summed E-state index contributed by atoms with van der Waals surface area (Å²) in [5.41, 5.74) is 1.30. The fourth-order valence-electron chi connectivity index (χ4n) is 3.17. The second kappa shape index (κ2) is 7.73. The van der Waals surface area contributed by atoms with Crippen LogP contribution in [0.25, 0.3) is 6.08 Å². The maximum Gasteiger partial charge on any atom is 0.265 e. The number of rotatable bonds is 4. The Morgan fingerprint density at radius 3 is 2.52 bits per heavy atom. The quantitative estimate of drug-likeness (QED) is 0.545. The van der Waals surface area contributed by atoms with Crippen LogP contribution in [0.1, 0.15) is 29.3 Å². The van der Waals surface area contributed by atoms with Crippen LogP contribution in [0.4, 0.5) is 0 Å². The van der Waals surface area contributed by atoms with E-state index in [1.807, 2.05) is 6.92 Å². The molecule has 144 valence electrons. The van der Waals surface area contributed by atoms with Crippen molar-refractivity contribution >= 4 is 56.0 Å². The number of carbonyl (C=O) groups is 2. The summed E-state index contributed by atoms with van der Waals surface area (Å²) in [5, 5.41) is 0. The van der Waals surface area contributed by atoms with Crippen molar-refractivity contribution in [3.05, 3.63) is 40.3 Å². The minimum Gasteiger partial charge on any atom is -0.335 e. The summed E-state index contributed by atoms with van der Waals surface area (Å²) >= 11 is 6.36. The maximum atomic E-state index is 12.8. The molecule has 9 heteroatoms. The van der Waals surface area contributed by atoms with Gasteiger partial charge in [0.1, 0.15) is 4.32 Å². The molecule has 1 aromatic carbocycles. The van der Waals surface area contributed by atoms with Crippen molar-refractivity contribution in [2.75, 3.05) is 25.1 Å². The number of sulfone groups is 1. The van der Waals surface area contributed by atoms with E-state index in [9.17, 15) is 18.0 Å². The van der Waals surface area contributed by atoms with Crippen molar-refractivity contribution in [2.45, 2.75) is 19.4 Å². The molecule has 1 atom stereocenters. The fourth-order valence-corrected chi connectivity index (χ4v) is 6.08. The van der Waals surface area contributed by atoms with Crippen LogP contribution in [0.2, 0.25) is 0 Å². The molecule has 0 aromatic heterocycles. The van der Waals surface area contributed by atoms with Crippen LogP contribution >= 0.6 is 24.0 Å². The van der Waals surface area contributed by atoms with Gasteiger partial charge in [0.15, 0.2) is 9.84 Å². The standard InChI is InChI=1S/C18H20N2O4S3/c1-3-20(14-8-9-27(23,24)11-14)16(21)13-6-4-12(5-7-13)10-15-17(22)19(2)18(25)26-15/h4-7,10,14H,3,8-9,11H2,1-2H3/b15-10-/t14-/m1/s1. The van der Waals surface area contributed by atoms with E-state index < -0.39 is 9.84 Å². The minimum absolute atomic E-state index is 0.0313. The smallest absolute Gasteiger partial charge is 0.265 e. The SMILES string of the molecule is CCN(C(=O)c1ccc(/C=C2\SC(=S)N(C)C2=O)cc1)[C@@H]1CCS(=O)(=O)C1. The van der Waals surface area contributed by atoms with Crippen LogP contribution in [-0.2, 0) is 14.6 Å². The molecule has 2 aliphatic heterocycles. The number of thiocarbonyl (C=S) groups is 1. The number of hydrogen-bond donors (Lipinski definition) is 0. The van der Waals surface area contributed by atoms with Crippen molar-refractivity contribution in [2.24, 2.45) is 0 Å². The third kappa shape index (κ3) is 4.25. The Labute approximate surface area is 168 Å². The highest BCUT2D eigenvalue weighted by Crippen LogP contribution is 2.31. The van der Waals surface area contributed by atoms with Gasteiger partial charge in [0.25, 0.3) is 11.8 Å². The summed E-state index contributed by atoms with van der Waals surface area (Å²) in [4.78, 5) is 28.5. The average Bonchev–Trinajstić information content (AvgIpc) is 3.10. The van der Waals surface area contributed by atoms with Gasteiger partial charge in [-0.05, 0) is 37.1 Å². The summed E-state index contributed by atoms with van der Waals surface area (Å²) in [6.45, 7) is 2.31. The van der Waals surface area contributed by atoms with E-state index in [-0.39, 0.29) is 29.4 Å². The molecule has 27 heavy (non-hydrogen) atoms. The van der Waals surface area contributed by atoms with Crippen molar-refractivity contribution in [3.63, 3.8) is 0 Å². The highest BCUT2D eigenvalue weighted by molar-refractivity contribution is 8.26. The van der Waals surface area contributed by atoms with Gasteiger partial charge in [0.05, 0.1) is 16.4 Å². The van der Waals surface area contributed by atoms with E-state index in [2.05, 4.69) is 0 Å². The molecular weight excluding hydrogens is 404 g/mol. The molecule has 0 spiro atoms. The number of benzene rings is 1. The van der Waals surface area contributed by atoms with E-state index >= 15 is 0 Å². The molecule has 1 aromatic rings. The number of thioether (sulfide) groups is 1. The Balaban J connectivity index is 1.76. The molecule has 3 rings (SSSR count). The van der Waals surface area contributed by atoms with E-state index in [1.54, 1.807) is 42.3 Å². The lowest BCUT2D eigenvalue weighted by Gasteiger charge is -2.27. The summed E-state index contributed by atoms with van der Waals surface area (Å²) in [5.74, 6) is -0.143. The summed E-state index contributed by atoms with van der Waals surface area (Å²) < 4.78 is 23.9. The average molecular weight is 425 g/mol. The Morgan fingerprint density at radius 1 is 1.37 bits per heavy atom. The number of carbonyl (C=O) groups excluding carboxylic acids is 2. The topological polar surface area (TPSA) is 74.8 Å². The van der Waals surface area contributed by atoms with Crippen LogP contribution in [0.5, 0.6) is 0 Å². The first kappa shape index (κ1) is 20.0. The monoisotopic (exact) mass is 424 g/mol. The van der Waals surface area contributed by atoms with Crippen LogP contribution in [0, 0.1) is 0 Å². The second-order valence-electron chi connectivity index (χ2n) is 6.51. The van der Waals surface area contributed by atoms with E-state index in [0.29, 0.717) is 27.8 Å². The van der Waals surface area contributed by atoms with Gasteiger partial charge in [-0.25, -0.2) is 8.42 Å². The lowest BCUT2D eigenvalue weighted by molar-refractivity contribution is -0.121. The third-order valence-corrected chi connectivity index (χ3v) is 7.93.